The van der Waals surface area contributed by atoms with Gasteiger partial charge in [0.05, 0.1) is 6.10 Å². The maximum Gasteiger partial charge on any atom is 0.0546 e. The number of rotatable bonds is 5. The molecule has 0 saturated heterocycles. The summed E-state index contributed by atoms with van der Waals surface area (Å²) in [6, 6.07) is 8.49. The van der Waals surface area contributed by atoms with Gasteiger partial charge in [0.15, 0.2) is 0 Å². The molecular weight excluding hydrogens is 234 g/mol. The van der Waals surface area contributed by atoms with Gasteiger partial charge in [-0.25, -0.2) is 0 Å². The van der Waals surface area contributed by atoms with Crippen molar-refractivity contribution >= 4 is 11.6 Å². The van der Waals surface area contributed by atoms with Crippen LogP contribution >= 0.6 is 11.6 Å². The highest BCUT2D eigenvalue weighted by molar-refractivity contribution is 6.30. The fourth-order valence-electron chi connectivity index (χ4n) is 2.28. The first-order chi connectivity index (χ1) is 8.13. The minimum absolute atomic E-state index is 0.0478. The minimum atomic E-state index is -0.0478. The van der Waals surface area contributed by atoms with E-state index in [2.05, 4.69) is 24.4 Å². The average Bonchev–Trinajstić information content (AvgIpc) is 2.26. The van der Waals surface area contributed by atoms with Crippen molar-refractivity contribution < 1.29 is 5.11 Å². The molecule has 1 aliphatic carbocycles. The Morgan fingerprint density at radius 2 is 2.00 bits per heavy atom. The second kappa shape index (κ2) is 5.85. The number of halogens is 1. The van der Waals surface area contributed by atoms with Crippen molar-refractivity contribution in [3.05, 3.63) is 34.9 Å². The molecule has 1 aliphatic rings. The number of aliphatic hydroxyl groups excluding tert-OH is 1. The molecule has 0 aromatic heterocycles. The number of aliphatic hydroxyl groups is 1. The summed E-state index contributed by atoms with van der Waals surface area (Å²) < 4.78 is 0. The molecule has 2 N–H and O–H groups in total. The van der Waals surface area contributed by atoms with Gasteiger partial charge in [-0.15, -0.1) is 0 Å². The van der Waals surface area contributed by atoms with Crippen LogP contribution in [-0.2, 0) is 6.42 Å². The Morgan fingerprint density at radius 1 is 1.35 bits per heavy atom. The first-order valence-electron chi connectivity index (χ1n) is 6.29. The number of nitrogens with one attached hydrogen (secondary N) is 1. The maximum absolute atomic E-state index is 9.20. The van der Waals surface area contributed by atoms with Crippen molar-refractivity contribution in [2.24, 2.45) is 5.92 Å². The van der Waals surface area contributed by atoms with Crippen molar-refractivity contribution in [1.29, 1.82) is 0 Å². The van der Waals surface area contributed by atoms with Gasteiger partial charge in [-0.2, -0.15) is 0 Å². The molecule has 17 heavy (non-hydrogen) atoms. The highest BCUT2D eigenvalue weighted by atomic mass is 35.5. The van der Waals surface area contributed by atoms with Gasteiger partial charge >= 0.3 is 0 Å². The Kier molecular flexibility index (Phi) is 4.43. The van der Waals surface area contributed by atoms with E-state index in [9.17, 15) is 5.11 Å². The lowest BCUT2D eigenvalue weighted by atomic mass is 9.82. The molecule has 0 radical (unpaired) electrons. The number of hydrogen-bond acceptors (Lipinski definition) is 2. The van der Waals surface area contributed by atoms with Gasteiger partial charge in [-0.05, 0) is 56.3 Å². The van der Waals surface area contributed by atoms with Crippen LogP contribution in [0.4, 0.5) is 0 Å². The van der Waals surface area contributed by atoms with E-state index in [0.29, 0.717) is 12.0 Å². The Hall–Kier alpha value is -0.570. The van der Waals surface area contributed by atoms with Crippen LogP contribution in [0.5, 0.6) is 0 Å². The number of hydrogen-bond donors (Lipinski definition) is 2. The average molecular weight is 254 g/mol. The quantitative estimate of drug-likeness (QED) is 0.846. The molecule has 1 atom stereocenters. The maximum atomic E-state index is 9.20. The molecule has 1 fully saturated rings. The summed E-state index contributed by atoms with van der Waals surface area (Å²) in [5.74, 6) is 0.665. The summed E-state index contributed by atoms with van der Waals surface area (Å²) >= 11 is 5.85. The second-order valence-electron chi connectivity index (χ2n) is 5.13. The standard InChI is InChI=1S/C14H20ClNO/c1-10(16-9-12-7-14(17)8-12)6-11-2-4-13(15)5-3-11/h2-5,10,12,14,16-17H,6-9H2,1H3. The van der Waals surface area contributed by atoms with Gasteiger partial charge in [0.2, 0.25) is 0 Å². The third kappa shape index (κ3) is 3.98. The predicted octanol–water partition coefficient (Wildman–Crippen LogP) is 2.63. The first kappa shape index (κ1) is 12.9. The smallest absolute Gasteiger partial charge is 0.0546 e. The molecule has 1 aromatic carbocycles. The first-order valence-corrected chi connectivity index (χ1v) is 6.67. The van der Waals surface area contributed by atoms with Gasteiger partial charge in [-0.1, -0.05) is 23.7 Å². The molecule has 0 amide bonds. The van der Waals surface area contributed by atoms with Gasteiger partial charge in [-0.3, -0.25) is 0 Å². The molecule has 0 spiro atoms. The van der Waals surface area contributed by atoms with Gasteiger partial charge in [0.25, 0.3) is 0 Å². The predicted molar refractivity (Wildman–Crippen MR) is 71.4 cm³/mol. The van der Waals surface area contributed by atoms with Crippen LogP contribution in [0.25, 0.3) is 0 Å². The van der Waals surface area contributed by atoms with E-state index in [-0.39, 0.29) is 6.10 Å². The van der Waals surface area contributed by atoms with Gasteiger partial charge in [0, 0.05) is 11.1 Å². The highest BCUT2D eigenvalue weighted by Gasteiger charge is 2.26. The van der Waals surface area contributed by atoms with E-state index < -0.39 is 0 Å². The zero-order chi connectivity index (χ0) is 12.3. The largest absolute Gasteiger partial charge is 0.393 e. The molecular formula is C14H20ClNO. The summed E-state index contributed by atoms with van der Waals surface area (Å²) in [7, 11) is 0. The monoisotopic (exact) mass is 253 g/mol. The summed E-state index contributed by atoms with van der Waals surface area (Å²) in [5, 5.41) is 13.5. The molecule has 1 saturated carbocycles. The van der Waals surface area contributed by atoms with Crippen molar-refractivity contribution in [2.45, 2.75) is 38.3 Å². The van der Waals surface area contributed by atoms with Crippen molar-refractivity contribution in [1.82, 2.24) is 5.32 Å². The topological polar surface area (TPSA) is 32.3 Å². The Balaban J connectivity index is 1.69. The van der Waals surface area contributed by atoms with Crippen LogP contribution in [-0.4, -0.2) is 23.8 Å². The molecule has 0 heterocycles. The molecule has 3 heteroatoms. The zero-order valence-corrected chi connectivity index (χ0v) is 11.0. The van der Waals surface area contributed by atoms with E-state index in [1.54, 1.807) is 0 Å². The fraction of sp³-hybridized carbons (Fsp3) is 0.571. The Morgan fingerprint density at radius 3 is 2.59 bits per heavy atom. The van der Waals surface area contributed by atoms with Crippen molar-refractivity contribution in [3.63, 3.8) is 0 Å². The fourth-order valence-corrected chi connectivity index (χ4v) is 2.41. The molecule has 0 aliphatic heterocycles. The Bertz CT molecular complexity index is 346. The van der Waals surface area contributed by atoms with E-state index in [0.717, 1.165) is 30.8 Å². The molecule has 94 valence electrons. The van der Waals surface area contributed by atoms with Gasteiger partial charge < -0.3 is 10.4 Å². The summed E-state index contributed by atoms with van der Waals surface area (Å²) in [6.45, 7) is 3.22. The van der Waals surface area contributed by atoms with E-state index in [4.69, 9.17) is 11.6 Å². The molecule has 2 nitrogen and oxygen atoms in total. The molecule has 1 unspecified atom stereocenters. The third-order valence-electron chi connectivity index (χ3n) is 3.42. The molecule has 1 aromatic rings. The molecule has 2 rings (SSSR count). The van der Waals surface area contributed by atoms with E-state index >= 15 is 0 Å². The SMILES string of the molecule is CC(Cc1ccc(Cl)cc1)NCC1CC(O)C1. The van der Waals surface area contributed by atoms with Crippen LogP contribution in [0.1, 0.15) is 25.3 Å². The minimum Gasteiger partial charge on any atom is -0.393 e. The third-order valence-corrected chi connectivity index (χ3v) is 3.67. The summed E-state index contributed by atoms with van der Waals surface area (Å²) in [5.41, 5.74) is 1.31. The van der Waals surface area contributed by atoms with Gasteiger partial charge in [0.1, 0.15) is 0 Å². The summed E-state index contributed by atoms with van der Waals surface area (Å²) in [4.78, 5) is 0. The number of benzene rings is 1. The highest BCUT2D eigenvalue weighted by Crippen LogP contribution is 2.26. The zero-order valence-electron chi connectivity index (χ0n) is 10.2. The lowest BCUT2D eigenvalue weighted by Gasteiger charge is -2.32. The lowest BCUT2D eigenvalue weighted by Crippen LogP contribution is -2.39. The van der Waals surface area contributed by atoms with Crippen LogP contribution in [0.2, 0.25) is 5.02 Å². The van der Waals surface area contributed by atoms with Crippen molar-refractivity contribution in [2.75, 3.05) is 6.54 Å². The van der Waals surface area contributed by atoms with Crippen molar-refractivity contribution in [3.8, 4) is 0 Å². The van der Waals surface area contributed by atoms with Crippen LogP contribution in [0.3, 0.4) is 0 Å². The van der Waals surface area contributed by atoms with Crippen LogP contribution in [0.15, 0.2) is 24.3 Å². The van der Waals surface area contributed by atoms with Crippen LogP contribution in [0, 0.1) is 5.92 Å². The van der Waals surface area contributed by atoms with E-state index in [1.807, 2.05) is 12.1 Å². The summed E-state index contributed by atoms with van der Waals surface area (Å²) in [6.07, 6.45) is 2.89. The Labute approximate surface area is 108 Å². The van der Waals surface area contributed by atoms with E-state index in [1.165, 1.54) is 5.56 Å². The molecule has 0 bridgehead atoms. The normalized spacial score (nSPS) is 25.4. The lowest BCUT2D eigenvalue weighted by molar-refractivity contribution is 0.0421. The van der Waals surface area contributed by atoms with Crippen LogP contribution < -0.4 is 5.32 Å². The second-order valence-corrected chi connectivity index (χ2v) is 5.57.